The summed E-state index contributed by atoms with van der Waals surface area (Å²) in [6, 6.07) is 0. The predicted molar refractivity (Wildman–Crippen MR) is 58.4 cm³/mol. The zero-order valence-electron chi connectivity index (χ0n) is 9.57. The van der Waals surface area contributed by atoms with Crippen molar-refractivity contribution in [3.05, 3.63) is 0 Å². The van der Waals surface area contributed by atoms with Gasteiger partial charge in [0.25, 0.3) is 0 Å². The van der Waals surface area contributed by atoms with Gasteiger partial charge in [0, 0.05) is 32.7 Å². The van der Waals surface area contributed by atoms with E-state index in [2.05, 4.69) is 9.80 Å². The lowest BCUT2D eigenvalue weighted by Gasteiger charge is -2.42. The number of primary amides is 1. The number of amides is 1. The van der Waals surface area contributed by atoms with Gasteiger partial charge in [0.1, 0.15) is 0 Å². The normalized spacial score (nSPS) is 20.5. The van der Waals surface area contributed by atoms with Crippen LogP contribution in [0.3, 0.4) is 0 Å². The van der Waals surface area contributed by atoms with Crippen LogP contribution >= 0.6 is 0 Å². The molecule has 0 saturated carbocycles. The van der Waals surface area contributed by atoms with Crippen molar-refractivity contribution < 1.29 is 9.90 Å². The van der Waals surface area contributed by atoms with E-state index in [1.165, 1.54) is 0 Å². The maximum Gasteiger partial charge on any atom is 0.237 e. The van der Waals surface area contributed by atoms with E-state index < -0.39 is 5.54 Å². The van der Waals surface area contributed by atoms with Crippen molar-refractivity contribution in [1.82, 2.24) is 9.80 Å². The summed E-state index contributed by atoms with van der Waals surface area (Å²) < 4.78 is 0. The lowest BCUT2D eigenvalue weighted by molar-refractivity contribution is -0.129. The third-order valence-corrected chi connectivity index (χ3v) is 3.18. The molecule has 5 nitrogen and oxygen atoms in total. The third-order valence-electron chi connectivity index (χ3n) is 3.18. The molecule has 0 aromatic carbocycles. The minimum Gasteiger partial charge on any atom is -0.395 e. The Bertz CT molecular complexity index is 223. The van der Waals surface area contributed by atoms with Crippen LogP contribution in [-0.4, -0.2) is 65.7 Å². The van der Waals surface area contributed by atoms with Crippen molar-refractivity contribution in [2.24, 2.45) is 5.73 Å². The Morgan fingerprint density at radius 3 is 2.27 bits per heavy atom. The Kier molecular flexibility index (Phi) is 4.07. The molecule has 1 amide bonds. The molecule has 1 heterocycles. The lowest BCUT2D eigenvalue weighted by Crippen LogP contribution is -2.59. The fraction of sp³-hybridized carbons (Fsp3) is 0.900. The monoisotopic (exact) mass is 215 g/mol. The SMILES string of the molecule is CC(C)(C(N)=O)N1CCN(CCO)CC1. The largest absolute Gasteiger partial charge is 0.395 e. The van der Waals surface area contributed by atoms with Crippen LogP contribution in [-0.2, 0) is 4.79 Å². The highest BCUT2D eigenvalue weighted by Crippen LogP contribution is 2.16. The summed E-state index contributed by atoms with van der Waals surface area (Å²) in [4.78, 5) is 15.5. The van der Waals surface area contributed by atoms with Crippen LogP contribution in [0.5, 0.6) is 0 Å². The first-order valence-electron chi connectivity index (χ1n) is 5.36. The minimum atomic E-state index is -0.564. The minimum absolute atomic E-state index is 0.194. The van der Waals surface area contributed by atoms with Crippen molar-refractivity contribution >= 4 is 5.91 Å². The van der Waals surface area contributed by atoms with Gasteiger partial charge in [-0.2, -0.15) is 0 Å². The Morgan fingerprint density at radius 1 is 1.33 bits per heavy atom. The molecule has 1 fully saturated rings. The average molecular weight is 215 g/mol. The molecule has 0 bridgehead atoms. The molecule has 3 N–H and O–H groups in total. The van der Waals surface area contributed by atoms with Gasteiger partial charge < -0.3 is 10.8 Å². The van der Waals surface area contributed by atoms with Crippen LogP contribution in [0.25, 0.3) is 0 Å². The summed E-state index contributed by atoms with van der Waals surface area (Å²) >= 11 is 0. The Morgan fingerprint density at radius 2 is 1.87 bits per heavy atom. The van der Waals surface area contributed by atoms with Gasteiger partial charge in [-0.3, -0.25) is 14.6 Å². The number of hydrogen-bond acceptors (Lipinski definition) is 4. The van der Waals surface area contributed by atoms with Gasteiger partial charge in [0.15, 0.2) is 0 Å². The van der Waals surface area contributed by atoms with Crippen molar-refractivity contribution in [2.45, 2.75) is 19.4 Å². The standard InChI is InChI=1S/C10H21N3O2/c1-10(2,9(11)15)13-5-3-12(4-6-13)7-8-14/h14H,3-8H2,1-2H3,(H2,11,15). The van der Waals surface area contributed by atoms with Crippen molar-refractivity contribution in [1.29, 1.82) is 0 Å². The molecule has 0 aromatic rings. The van der Waals surface area contributed by atoms with Gasteiger partial charge in [-0.05, 0) is 13.8 Å². The summed E-state index contributed by atoms with van der Waals surface area (Å²) in [6.45, 7) is 8.05. The van der Waals surface area contributed by atoms with Crippen LogP contribution in [0.15, 0.2) is 0 Å². The highest BCUT2D eigenvalue weighted by Gasteiger charge is 2.34. The zero-order valence-corrected chi connectivity index (χ0v) is 9.57. The second-order valence-corrected chi connectivity index (χ2v) is 4.48. The van der Waals surface area contributed by atoms with Crippen LogP contribution in [0.1, 0.15) is 13.8 Å². The molecule has 15 heavy (non-hydrogen) atoms. The van der Waals surface area contributed by atoms with E-state index >= 15 is 0 Å². The molecule has 1 saturated heterocycles. The van der Waals surface area contributed by atoms with Gasteiger partial charge in [0.05, 0.1) is 12.1 Å². The van der Waals surface area contributed by atoms with Gasteiger partial charge in [-0.1, -0.05) is 0 Å². The van der Waals surface area contributed by atoms with Crippen molar-refractivity contribution in [2.75, 3.05) is 39.3 Å². The molecule has 1 aliphatic heterocycles. The number of carbonyl (C=O) groups excluding carboxylic acids is 1. The Hall–Kier alpha value is -0.650. The van der Waals surface area contributed by atoms with Gasteiger partial charge in [0.2, 0.25) is 5.91 Å². The number of rotatable bonds is 4. The molecular formula is C10H21N3O2. The number of piperazine rings is 1. The molecular weight excluding hydrogens is 194 g/mol. The van der Waals surface area contributed by atoms with E-state index in [-0.39, 0.29) is 12.5 Å². The highest BCUT2D eigenvalue weighted by atomic mass is 16.3. The van der Waals surface area contributed by atoms with E-state index in [4.69, 9.17) is 10.8 Å². The van der Waals surface area contributed by atoms with Crippen molar-refractivity contribution in [3.63, 3.8) is 0 Å². The molecule has 0 spiro atoms. The van der Waals surface area contributed by atoms with E-state index in [1.807, 2.05) is 13.8 Å². The molecule has 0 radical (unpaired) electrons. The summed E-state index contributed by atoms with van der Waals surface area (Å²) in [6.07, 6.45) is 0. The third kappa shape index (κ3) is 2.90. The predicted octanol–water partition coefficient (Wildman–Crippen LogP) is -1.14. The number of aliphatic hydroxyl groups excluding tert-OH is 1. The van der Waals surface area contributed by atoms with Gasteiger partial charge in [-0.25, -0.2) is 0 Å². The second-order valence-electron chi connectivity index (χ2n) is 4.48. The molecule has 0 aromatic heterocycles. The quantitative estimate of drug-likeness (QED) is 0.622. The first-order chi connectivity index (χ1) is 6.98. The summed E-state index contributed by atoms with van der Waals surface area (Å²) in [7, 11) is 0. The summed E-state index contributed by atoms with van der Waals surface area (Å²) in [5.41, 5.74) is 4.80. The summed E-state index contributed by atoms with van der Waals surface area (Å²) in [5, 5.41) is 8.80. The number of carbonyl (C=O) groups is 1. The number of aliphatic hydroxyl groups is 1. The average Bonchev–Trinajstić information content (AvgIpc) is 2.19. The first kappa shape index (κ1) is 12.4. The van der Waals surface area contributed by atoms with Gasteiger partial charge in [-0.15, -0.1) is 0 Å². The number of β-amino-alcohol motifs (C(OH)–C–C–N with tert-alkyl or cyclic N) is 1. The van der Waals surface area contributed by atoms with E-state index in [9.17, 15) is 4.79 Å². The topological polar surface area (TPSA) is 69.8 Å². The van der Waals surface area contributed by atoms with E-state index in [0.29, 0.717) is 6.54 Å². The molecule has 1 aliphatic rings. The number of hydrogen-bond donors (Lipinski definition) is 2. The maximum absolute atomic E-state index is 11.3. The smallest absolute Gasteiger partial charge is 0.237 e. The maximum atomic E-state index is 11.3. The first-order valence-corrected chi connectivity index (χ1v) is 5.36. The second kappa shape index (κ2) is 4.92. The molecule has 0 atom stereocenters. The van der Waals surface area contributed by atoms with Crippen LogP contribution in [0.2, 0.25) is 0 Å². The molecule has 1 rings (SSSR count). The number of nitrogens with zero attached hydrogens (tertiary/aromatic N) is 2. The van der Waals surface area contributed by atoms with Gasteiger partial charge >= 0.3 is 0 Å². The highest BCUT2D eigenvalue weighted by molar-refractivity contribution is 5.83. The zero-order chi connectivity index (χ0) is 11.5. The van der Waals surface area contributed by atoms with E-state index in [0.717, 1.165) is 26.2 Å². The molecule has 0 aliphatic carbocycles. The molecule has 5 heteroatoms. The Labute approximate surface area is 90.8 Å². The fourth-order valence-corrected chi connectivity index (χ4v) is 1.83. The summed E-state index contributed by atoms with van der Waals surface area (Å²) in [5.74, 6) is -0.280. The van der Waals surface area contributed by atoms with Crippen molar-refractivity contribution in [3.8, 4) is 0 Å². The molecule has 88 valence electrons. The van der Waals surface area contributed by atoms with Crippen LogP contribution < -0.4 is 5.73 Å². The van der Waals surface area contributed by atoms with Crippen LogP contribution in [0.4, 0.5) is 0 Å². The van der Waals surface area contributed by atoms with Crippen LogP contribution in [0, 0.1) is 0 Å². The lowest BCUT2D eigenvalue weighted by atomic mass is 10.0. The molecule has 0 unspecified atom stereocenters. The number of nitrogens with two attached hydrogens (primary N) is 1. The Balaban J connectivity index is 2.46. The van der Waals surface area contributed by atoms with E-state index in [1.54, 1.807) is 0 Å². The fourth-order valence-electron chi connectivity index (χ4n) is 1.83.